The lowest BCUT2D eigenvalue weighted by Gasteiger charge is -2.14. The van der Waals surface area contributed by atoms with Gasteiger partial charge in [-0.05, 0) is 37.3 Å². The van der Waals surface area contributed by atoms with Crippen LogP contribution < -0.4 is 5.32 Å². The fourth-order valence-corrected chi connectivity index (χ4v) is 2.16. The number of hydrogen-bond donors (Lipinski definition) is 1. The number of pyridine rings is 1. The Morgan fingerprint density at radius 2 is 2.31 bits per heavy atom. The maximum Gasteiger partial charge on any atom is 0.0573 e. The molecule has 1 aromatic rings. The highest BCUT2D eigenvalue weighted by Gasteiger charge is 2.23. The Morgan fingerprint density at radius 3 is 3.00 bits per heavy atom. The predicted octanol–water partition coefficient (Wildman–Crippen LogP) is 2.92. The first-order valence-corrected chi connectivity index (χ1v) is 6.45. The van der Waals surface area contributed by atoms with Gasteiger partial charge in [0.1, 0.15) is 0 Å². The molecule has 0 aromatic carbocycles. The summed E-state index contributed by atoms with van der Waals surface area (Å²) >= 11 is 0. The largest absolute Gasteiger partial charge is 0.309 e. The number of aromatic nitrogens is 1. The highest BCUT2D eigenvalue weighted by molar-refractivity contribution is 5.19. The quantitative estimate of drug-likeness (QED) is 0.794. The van der Waals surface area contributed by atoms with E-state index < -0.39 is 0 Å². The van der Waals surface area contributed by atoms with Crippen molar-refractivity contribution in [1.29, 1.82) is 0 Å². The molecule has 1 unspecified atom stereocenters. The summed E-state index contributed by atoms with van der Waals surface area (Å²) in [5.41, 5.74) is 2.58. The van der Waals surface area contributed by atoms with E-state index in [0.717, 1.165) is 18.9 Å². The topological polar surface area (TPSA) is 24.9 Å². The maximum atomic E-state index is 4.45. The van der Waals surface area contributed by atoms with Gasteiger partial charge in [0.05, 0.1) is 5.69 Å². The molecular formula is C14H22N2. The Balaban J connectivity index is 1.82. The predicted molar refractivity (Wildman–Crippen MR) is 67.3 cm³/mol. The second-order valence-electron chi connectivity index (χ2n) is 4.92. The Kier molecular flexibility index (Phi) is 3.94. The first kappa shape index (κ1) is 11.6. The smallest absolute Gasteiger partial charge is 0.0573 e. The minimum atomic E-state index is 0.624. The third-order valence-electron chi connectivity index (χ3n) is 3.37. The van der Waals surface area contributed by atoms with Crippen LogP contribution in [-0.4, -0.2) is 11.0 Å². The average molecular weight is 218 g/mol. The van der Waals surface area contributed by atoms with Gasteiger partial charge < -0.3 is 5.32 Å². The van der Waals surface area contributed by atoms with Crippen LogP contribution >= 0.6 is 0 Å². The van der Waals surface area contributed by atoms with Crippen molar-refractivity contribution in [3.63, 3.8) is 0 Å². The summed E-state index contributed by atoms with van der Waals surface area (Å²) in [6, 6.07) is 4.82. The van der Waals surface area contributed by atoms with Gasteiger partial charge in [-0.3, -0.25) is 4.98 Å². The number of rotatable bonds is 6. The van der Waals surface area contributed by atoms with Gasteiger partial charge in [0.15, 0.2) is 0 Å². The van der Waals surface area contributed by atoms with Crippen molar-refractivity contribution in [2.45, 2.75) is 52.1 Å². The van der Waals surface area contributed by atoms with Gasteiger partial charge in [-0.2, -0.15) is 0 Å². The van der Waals surface area contributed by atoms with Gasteiger partial charge in [0.2, 0.25) is 0 Å². The SMILES string of the molecule is CCc1cccnc1CNC(C)CC1CC1. The van der Waals surface area contributed by atoms with Crippen LogP contribution in [0.1, 0.15) is 44.4 Å². The van der Waals surface area contributed by atoms with E-state index in [1.807, 2.05) is 12.3 Å². The van der Waals surface area contributed by atoms with E-state index in [-0.39, 0.29) is 0 Å². The Morgan fingerprint density at radius 1 is 1.50 bits per heavy atom. The van der Waals surface area contributed by atoms with E-state index in [1.54, 1.807) is 0 Å². The van der Waals surface area contributed by atoms with E-state index in [1.165, 1.54) is 30.5 Å². The monoisotopic (exact) mass is 218 g/mol. The van der Waals surface area contributed by atoms with Gasteiger partial charge >= 0.3 is 0 Å². The lowest BCUT2D eigenvalue weighted by Crippen LogP contribution is -2.26. The van der Waals surface area contributed by atoms with Crippen molar-refractivity contribution >= 4 is 0 Å². The molecule has 2 heteroatoms. The fourth-order valence-electron chi connectivity index (χ4n) is 2.16. The Bertz CT molecular complexity index is 331. The molecule has 0 bridgehead atoms. The molecule has 2 nitrogen and oxygen atoms in total. The van der Waals surface area contributed by atoms with Crippen LogP contribution in [0.15, 0.2) is 18.3 Å². The van der Waals surface area contributed by atoms with Crippen molar-refractivity contribution in [2.75, 3.05) is 0 Å². The van der Waals surface area contributed by atoms with Crippen LogP contribution in [0, 0.1) is 5.92 Å². The standard InChI is InChI=1S/C14H22N2/c1-3-13-5-4-8-15-14(13)10-16-11(2)9-12-6-7-12/h4-5,8,11-12,16H,3,6-7,9-10H2,1-2H3. The maximum absolute atomic E-state index is 4.45. The van der Waals surface area contributed by atoms with Crippen LogP contribution in [0.4, 0.5) is 0 Å². The molecule has 1 aromatic heterocycles. The summed E-state index contributed by atoms with van der Waals surface area (Å²) in [5.74, 6) is 0.997. The number of nitrogens with one attached hydrogen (secondary N) is 1. The first-order valence-electron chi connectivity index (χ1n) is 6.45. The van der Waals surface area contributed by atoms with Gasteiger partial charge in [0.25, 0.3) is 0 Å². The van der Waals surface area contributed by atoms with Crippen molar-refractivity contribution < 1.29 is 0 Å². The van der Waals surface area contributed by atoms with E-state index in [2.05, 4.69) is 30.2 Å². The third kappa shape index (κ3) is 3.31. The lowest BCUT2D eigenvalue weighted by atomic mass is 10.1. The van der Waals surface area contributed by atoms with Gasteiger partial charge in [-0.15, -0.1) is 0 Å². The Hall–Kier alpha value is -0.890. The van der Waals surface area contributed by atoms with Crippen LogP contribution in [-0.2, 0) is 13.0 Å². The van der Waals surface area contributed by atoms with Crippen molar-refractivity contribution in [3.8, 4) is 0 Å². The van der Waals surface area contributed by atoms with Crippen LogP contribution in [0.3, 0.4) is 0 Å². The minimum absolute atomic E-state index is 0.624. The van der Waals surface area contributed by atoms with Crippen molar-refractivity contribution in [3.05, 3.63) is 29.6 Å². The van der Waals surface area contributed by atoms with Crippen molar-refractivity contribution in [2.24, 2.45) is 5.92 Å². The lowest BCUT2D eigenvalue weighted by molar-refractivity contribution is 0.483. The summed E-state index contributed by atoms with van der Waals surface area (Å²) in [5, 5.41) is 3.58. The molecule has 1 atom stereocenters. The number of nitrogens with zero attached hydrogens (tertiary/aromatic N) is 1. The molecule has 0 amide bonds. The fraction of sp³-hybridized carbons (Fsp3) is 0.643. The molecule has 0 radical (unpaired) electrons. The third-order valence-corrected chi connectivity index (χ3v) is 3.37. The summed E-state index contributed by atoms with van der Waals surface area (Å²) in [7, 11) is 0. The molecule has 1 aliphatic carbocycles. The zero-order chi connectivity index (χ0) is 11.4. The second-order valence-corrected chi connectivity index (χ2v) is 4.92. The van der Waals surface area contributed by atoms with Crippen LogP contribution in [0.2, 0.25) is 0 Å². The first-order chi connectivity index (χ1) is 7.79. The molecule has 0 aliphatic heterocycles. The zero-order valence-corrected chi connectivity index (χ0v) is 10.4. The number of hydrogen-bond acceptors (Lipinski definition) is 2. The van der Waals surface area contributed by atoms with E-state index in [4.69, 9.17) is 0 Å². The highest BCUT2D eigenvalue weighted by Crippen LogP contribution is 2.33. The highest BCUT2D eigenvalue weighted by atomic mass is 14.9. The molecule has 1 N–H and O–H groups in total. The van der Waals surface area contributed by atoms with Gasteiger partial charge in [-0.1, -0.05) is 25.8 Å². The van der Waals surface area contributed by atoms with E-state index >= 15 is 0 Å². The molecule has 1 heterocycles. The normalized spacial score (nSPS) is 17.4. The average Bonchev–Trinajstić information content (AvgIpc) is 3.10. The molecule has 0 spiro atoms. The van der Waals surface area contributed by atoms with Gasteiger partial charge in [0, 0.05) is 18.8 Å². The van der Waals surface area contributed by atoms with Gasteiger partial charge in [-0.25, -0.2) is 0 Å². The van der Waals surface area contributed by atoms with E-state index in [0.29, 0.717) is 6.04 Å². The second kappa shape index (κ2) is 5.44. The molecule has 88 valence electrons. The summed E-state index contributed by atoms with van der Waals surface area (Å²) < 4.78 is 0. The summed E-state index contributed by atoms with van der Waals surface area (Å²) in [6.45, 7) is 5.39. The minimum Gasteiger partial charge on any atom is -0.309 e. The number of aryl methyl sites for hydroxylation is 1. The molecule has 2 rings (SSSR count). The van der Waals surface area contributed by atoms with Crippen LogP contribution in [0.25, 0.3) is 0 Å². The molecule has 16 heavy (non-hydrogen) atoms. The Labute approximate surface area is 98.5 Å². The summed E-state index contributed by atoms with van der Waals surface area (Å²) in [6.07, 6.45) is 7.17. The molecule has 0 saturated heterocycles. The van der Waals surface area contributed by atoms with E-state index in [9.17, 15) is 0 Å². The molecule has 1 fully saturated rings. The summed E-state index contributed by atoms with van der Waals surface area (Å²) in [4.78, 5) is 4.45. The van der Waals surface area contributed by atoms with Crippen molar-refractivity contribution in [1.82, 2.24) is 10.3 Å². The molecule has 1 saturated carbocycles. The zero-order valence-electron chi connectivity index (χ0n) is 10.4. The molecule has 1 aliphatic rings. The van der Waals surface area contributed by atoms with Crippen LogP contribution in [0.5, 0.6) is 0 Å². The molecular weight excluding hydrogens is 196 g/mol.